The van der Waals surface area contributed by atoms with Crippen molar-refractivity contribution < 1.29 is 4.79 Å². The molecule has 1 amide bonds. The van der Waals surface area contributed by atoms with Gasteiger partial charge in [0, 0.05) is 31.5 Å². The van der Waals surface area contributed by atoms with Crippen LogP contribution >= 0.6 is 0 Å². The number of aromatic nitrogens is 1. The van der Waals surface area contributed by atoms with Crippen LogP contribution in [0.3, 0.4) is 0 Å². The normalized spacial score (nSPS) is 18.2. The highest BCUT2D eigenvalue weighted by Gasteiger charge is 2.30. The number of nitrogens with one attached hydrogen (secondary N) is 1. The Hall–Kier alpha value is -1.58. The molecule has 1 aromatic heterocycles. The molecule has 1 aromatic rings. The van der Waals surface area contributed by atoms with Crippen molar-refractivity contribution in [2.24, 2.45) is 5.41 Å². The van der Waals surface area contributed by atoms with E-state index >= 15 is 0 Å². The Bertz CT molecular complexity index is 456. The monoisotopic (exact) mass is 261 g/mol. The number of carbonyl (C=O) groups is 1. The number of piperidine rings is 1. The molecule has 2 heterocycles. The smallest absolute Gasteiger partial charge is 0.272 e. The highest BCUT2D eigenvalue weighted by molar-refractivity contribution is 5.93. The summed E-state index contributed by atoms with van der Waals surface area (Å²) in [5.74, 6) is 0.0486. The number of rotatable bonds is 3. The van der Waals surface area contributed by atoms with E-state index in [-0.39, 0.29) is 11.3 Å². The second-order valence-electron chi connectivity index (χ2n) is 5.95. The minimum atomic E-state index is 0.0486. The average Bonchev–Trinajstić information content (AvgIpc) is 2.37. The van der Waals surface area contributed by atoms with Crippen molar-refractivity contribution in [2.75, 3.05) is 25.0 Å². The fourth-order valence-corrected chi connectivity index (χ4v) is 2.62. The van der Waals surface area contributed by atoms with Gasteiger partial charge in [-0.15, -0.1) is 0 Å². The van der Waals surface area contributed by atoms with Crippen LogP contribution in [0.1, 0.15) is 44.1 Å². The van der Waals surface area contributed by atoms with E-state index in [4.69, 9.17) is 0 Å². The lowest BCUT2D eigenvalue weighted by Crippen LogP contribution is -2.43. The Kier molecular flexibility index (Phi) is 4.08. The zero-order valence-electron chi connectivity index (χ0n) is 12.1. The Morgan fingerprint density at radius 2 is 2.32 bits per heavy atom. The third-order valence-corrected chi connectivity index (χ3v) is 3.55. The van der Waals surface area contributed by atoms with Crippen LogP contribution in [-0.4, -0.2) is 35.4 Å². The summed E-state index contributed by atoms with van der Waals surface area (Å²) in [5.41, 5.74) is 1.71. The van der Waals surface area contributed by atoms with Gasteiger partial charge in [0.25, 0.3) is 5.91 Å². The van der Waals surface area contributed by atoms with E-state index in [1.54, 1.807) is 6.20 Å². The van der Waals surface area contributed by atoms with Crippen LogP contribution in [0.5, 0.6) is 0 Å². The summed E-state index contributed by atoms with van der Waals surface area (Å²) in [5, 5.41) is 3.21. The Balaban J connectivity index is 2.12. The zero-order chi connectivity index (χ0) is 13.9. The van der Waals surface area contributed by atoms with E-state index < -0.39 is 0 Å². The Labute approximate surface area is 115 Å². The molecule has 0 saturated carbocycles. The summed E-state index contributed by atoms with van der Waals surface area (Å²) in [4.78, 5) is 18.6. The minimum absolute atomic E-state index is 0.0486. The van der Waals surface area contributed by atoms with Crippen LogP contribution in [-0.2, 0) is 0 Å². The molecule has 0 aromatic carbocycles. The number of amides is 1. The highest BCUT2D eigenvalue weighted by Crippen LogP contribution is 2.29. The van der Waals surface area contributed by atoms with E-state index in [1.807, 2.05) is 24.0 Å². The van der Waals surface area contributed by atoms with Gasteiger partial charge < -0.3 is 10.2 Å². The molecule has 1 N–H and O–H groups in total. The Morgan fingerprint density at radius 3 is 3.00 bits per heavy atom. The van der Waals surface area contributed by atoms with Gasteiger partial charge in [-0.05, 0) is 37.3 Å². The number of anilines is 1. The molecule has 0 unspecified atom stereocenters. The van der Waals surface area contributed by atoms with Crippen molar-refractivity contribution in [3.63, 3.8) is 0 Å². The van der Waals surface area contributed by atoms with E-state index in [9.17, 15) is 4.79 Å². The molecule has 0 atom stereocenters. The van der Waals surface area contributed by atoms with Gasteiger partial charge in [-0.25, -0.2) is 0 Å². The van der Waals surface area contributed by atoms with Crippen molar-refractivity contribution in [3.8, 4) is 0 Å². The molecule has 1 aliphatic rings. The van der Waals surface area contributed by atoms with Crippen LogP contribution in [0.15, 0.2) is 18.3 Å². The molecule has 2 rings (SSSR count). The summed E-state index contributed by atoms with van der Waals surface area (Å²) >= 11 is 0. The summed E-state index contributed by atoms with van der Waals surface area (Å²) in [6.07, 6.45) is 3.95. The van der Waals surface area contributed by atoms with Gasteiger partial charge in [-0.3, -0.25) is 9.78 Å². The quantitative estimate of drug-likeness (QED) is 0.910. The zero-order valence-corrected chi connectivity index (χ0v) is 12.1. The standard InChI is InChI=1S/C15H23N3O/c1-4-16-12-6-8-17-13(10-12)14(19)18-9-5-7-15(2,3)11-18/h6,8,10H,4-5,7,9,11H2,1-3H3,(H,16,17). The molecule has 0 spiro atoms. The maximum Gasteiger partial charge on any atom is 0.272 e. The van der Waals surface area contributed by atoms with Gasteiger partial charge in [-0.2, -0.15) is 0 Å². The number of carbonyl (C=O) groups excluding carboxylic acids is 1. The van der Waals surface area contributed by atoms with Gasteiger partial charge in [-0.1, -0.05) is 13.8 Å². The first-order valence-electron chi connectivity index (χ1n) is 7.01. The third-order valence-electron chi connectivity index (χ3n) is 3.55. The van der Waals surface area contributed by atoms with Gasteiger partial charge in [0.1, 0.15) is 5.69 Å². The molecule has 104 valence electrons. The third kappa shape index (κ3) is 3.46. The van der Waals surface area contributed by atoms with Crippen molar-refractivity contribution in [1.82, 2.24) is 9.88 Å². The van der Waals surface area contributed by atoms with Crippen LogP contribution in [0.4, 0.5) is 5.69 Å². The number of hydrogen-bond donors (Lipinski definition) is 1. The SMILES string of the molecule is CCNc1ccnc(C(=O)N2CCCC(C)(C)C2)c1. The van der Waals surface area contributed by atoms with Crippen LogP contribution < -0.4 is 5.32 Å². The predicted molar refractivity (Wildman–Crippen MR) is 77.3 cm³/mol. The van der Waals surface area contributed by atoms with Gasteiger partial charge in [0.2, 0.25) is 0 Å². The Morgan fingerprint density at radius 1 is 1.53 bits per heavy atom. The summed E-state index contributed by atoms with van der Waals surface area (Å²) < 4.78 is 0. The van der Waals surface area contributed by atoms with Gasteiger partial charge in [0.15, 0.2) is 0 Å². The molecule has 0 radical (unpaired) electrons. The maximum absolute atomic E-state index is 12.5. The highest BCUT2D eigenvalue weighted by atomic mass is 16.2. The molecule has 1 aliphatic heterocycles. The van der Waals surface area contributed by atoms with E-state index in [0.29, 0.717) is 5.69 Å². The van der Waals surface area contributed by atoms with Crippen LogP contribution in [0, 0.1) is 5.41 Å². The van der Waals surface area contributed by atoms with Crippen molar-refractivity contribution >= 4 is 11.6 Å². The molecule has 4 nitrogen and oxygen atoms in total. The van der Waals surface area contributed by atoms with E-state index in [2.05, 4.69) is 24.1 Å². The lowest BCUT2D eigenvalue weighted by atomic mass is 9.84. The topological polar surface area (TPSA) is 45.2 Å². The summed E-state index contributed by atoms with van der Waals surface area (Å²) in [6.45, 7) is 8.97. The van der Waals surface area contributed by atoms with Gasteiger partial charge >= 0.3 is 0 Å². The lowest BCUT2D eigenvalue weighted by Gasteiger charge is -2.37. The van der Waals surface area contributed by atoms with E-state index in [0.717, 1.165) is 31.7 Å². The summed E-state index contributed by atoms with van der Waals surface area (Å²) in [6, 6.07) is 3.73. The fourth-order valence-electron chi connectivity index (χ4n) is 2.62. The number of hydrogen-bond acceptors (Lipinski definition) is 3. The average molecular weight is 261 g/mol. The molecular weight excluding hydrogens is 238 g/mol. The largest absolute Gasteiger partial charge is 0.385 e. The second kappa shape index (κ2) is 5.59. The minimum Gasteiger partial charge on any atom is -0.385 e. The first-order valence-corrected chi connectivity index (χ1v) is 7.01. The van der Waals surface area contributed by atoms with Gasteiger partial charge in [0.05, 0.1) is 0 Å². The predicted octanol–water partition coefficient (Wildman–Crippen LogP) is 2.78. The van der Waals surface area contributed by atoms with E-state index in [1.165, 1.54) is 6.42 Å². The molecule has 1 fully saturated rings. The molecule has 4 heteroatoms. The molecular formula is C15H23N3O. The van der Waals surface area contributed by atoms with Crippen LogP contribution in [0.25, 0.3) is 0 Å². The van der Waals surface area contributed by atoms with Crippen molar-refractivity contribution in [1.29, 1.82) is 0 Å². The number of likely N-dealkylation sites (tertiary alicyclic amines) is 1. The summed E-state index contributed by atoms with van der Waals surface area (Å²) in [7, 11) is 0. The maximum atomic E-state index is 12.5. The van der Waals surface area contributed by atoms with Crippen molar-refractivity contribution in [2.45, 2.75) is 33.6 Å². The van der Waals surface area contributed by atoms with Crippen LogP contribution in [0.2, 0.25) is 0 Å². The molecule has 1 saturated heterocycles. The molecule has 19 heavy (non-hydrogen) atoms. The number of nitrogens with zero attached hydrogens (tertiary/aromatic N) is 2. The fraction of sp³-hybridized carbons (Fsp3) is 0.600. The first kappa shape index (κ1) is 13.8. The second-order valence-corrected chi connectivity index (χ2v) is 5.95. The molecule has 0 aliphatic carbocycles. The molecule has 0 bridgehead atoms. The lowest BCUT2D eigenvalue weighted by molar-refractivity contribution is 0.0577. The van der Waals surface area contributed by atoms with Crippen molar-refractivity contribution in [3.05, 3.63) is 24.0 Å². The number of pyridine rings is 1. The first-order chi connectivity index (χ1) is 9.02.